The highest BCUT2D eigenvalue weighted by Gasteiger charge is 2.42. The molecule has 31 heavy (non-hydrogen) atoms. The second-order valence-corrected chi connectivity index (χ2v) is 15.2. The molecule has 0 amide bonds. The second kappa shape index (κ2) is 11.1. The SMILES string of the molecule is C=CC[C@H]1CC(COCc2ccccc2)(COCc2ccccc2)C/C1=C\[Si](C)(C)C. The molecule has 0 saturated heterocycles. The fourth-order valence-corrected chi connectivity index (χ4v) is 6.10. The summed E-state index contributed by atoms with van der Waals surface area (Å²) < 4.78 is 12.6. The third kappa shape index (κ3) is 7.60. The average molecular weight is 435 g/mol. The van der Waals surface area contributed by atoms with Crippen LogP contribution >= 0.6 is 0 Å². The van der Waals surface area contributed by atoms with Crippen LogP contribution in [0.5, 0.6) is 0 Å². The van der Waals surface area contributed by atoms with Crippen LogP contribution in [-0.2, 0) is 22.7 Å². The third-order valence-electron chi connectivity index (χ3n) is 5.89. The van der Waals surface area contributed by atoms with Crippen LogP contribution in [0.3, 0.4) is 0 Å². The van der Waals surface area contributed by atoms with Crippen LogP contribution in [0, 0.1) is 11.3 Å². The Labute approximate surface area is 190 Å². The number of ether oxygens (including phenoxy) is 2. The molecule has 0 heterocycles. The lowest BCUT2D eigenvalue weighted by molar-refractivity contribution is -0.0307. The molecular weight excluding hydrogens is 396 g/mol. The number of hydrogen-bond acceptors (Lipinski definition) is 2. The van der Waals surface area contributed by atoms with Gasteiger partial charge in [-0.2, -0.15) is 0 Å². The summed E-state index contributed by atoms with van der Waals surface area (Å²) in [6, 6.07) is 20.9. The maximum absolute atomic E-state index is 6.29. The van der Waals surface area contributed by atoms with Crippen molar-refractivity contribution in [3.05, 3.63) is 95.7 Å². The van der Waals surface area contributed by atoms with Crippen LogP contribution in [0.25, 0.3) is 0 Å². The van der Waals surface area contributed by atoms with E-state index in [2.05, 4.69) is 86.5 Å². The van der Waals surface area contributed by atoms with Gasteiger partial charge in [0.15, 0.2) is 0 Å². The van der Waals surface area contributed by atoms with Gasteiger partial charge >= 0.3 is 0 Å². The lowest BCUT2D eigenvalue weighted by Crippen LogP contribution is -2.30. The van der Waals surface area contributed by atoms with Gasteiger partial charge in [-0.25, -0.2) is 0 Å². The topological polar surface area (TPSA) is 18.5 Å². The average Bonchev–Trinajstić information content (AvgIpc) is 3.05. The quantitative estimate of drug-likeness (QED) is 0.275. The first-order chi connectivity index (χ1) is 14.9. The zero-order valence-corrected chi connectivity index (χ0v) is 20.5. The van der Waals surface area contributed by atoms with Crippen LogP contribution in [0.2, 0.25) is 19.6 Å². The number of hydrogen-bond donors (Lipinski definition) is 0. The predicted molar refractivity (Wildman–Crippen MR) is 134 cm³/mol. The molecule has 2 nitrogen and oxygen atoms in total. The minimum absolute atomic E-state index is 0.0305. The van der Waals surface area contributed by atoms with Gasteiger partial charge in [-0.05, 0) is 36.3 Å². The zero-order valence-electron chi connectivity index (χ0n) is 19.5. The molecule has 0 aliphatic heterocycles. The molecule has 2 aromatic rings. The van der Waals surface area contributed by atoms with Crippen molar-refractivity contribution in [2.45, 2.75) is 52.1 Å². The van der Waals surface area contributed by atoms with Crippen molar-refractivity contribution in [1.29, 1.82) is 0 Å². The molecule has 0 N–H and O–H groups in total. The van der Waals surface area contributed by atoms with E-state index in [0.29, 0.717) is 19.1 Å². The van der Waals surface area contributed by atoms with Crippen LogP contribution in [0.1, 0.15) is 30.4 Å². The second-order valence-electron chi connectivity index (χ2n) is 10.1. The van der Waals surface area contributed by atoms with Gasteiger partial charge in [0.05, 0.1) is 34.5 Å². The Kier molecular flexibility index (Phi) is 8.48. The molecule has 3 heteroatoms. The Hall–Kier alpha value is -1.94. The summed E-state index contributed by atoms with van der Waals surface area (Å²) in [5, 5.41) is 0. The van der Waals surface area contributed by atoms with Crippen molar-refractivity contribution in [3.8, 4) is 0 Å². The van der Waals surface area contributed by atoms with E-state index in [9.17, 15) is 0 Å². The monoisotopic (exact) mass is 434 g/mol. The maximum atomic E-state index is 6.29. The van der Waals surface area contributed by atoms with Gasteiger partial charge in [0.2, 0.25) is 0 Å². The van der Waals surface area contributed by atoms with E-state index in [4.69, 9.17) is 9.47 Å². The molecule has 3 rings (SSSR count). The van der Waals surface area contributed by atoms with Gasteiger partial charge in [0, 0.05) is 5.41 Å². The van der Waals surface area contributed by atoms with Gasteiger partial charge in [0.1, 0.15) is 0 Å². The summed E-state index contributed by atoms with van der Waals surface area (Å²) in [7, 11) is -1.30. The Morgan fingerprint density at radius 3 is 1.87 bits per heavy atom. The third-order valence-corrected chi connectivity index (χ3v) is 7.13. The van der Waals surface area contributed by atoms with Crippen molar-refractivity contribution in [2.24, 2.45) is 11.3 Å². The zero-order chi connectivity index (χ0) is 22.2. The molecule has 1 atom stereocenters. The fraction of sp³-hybridized carbons (Fsp3) is 0.429. The van der Waals surface area contributed by atoms with Crippen molar-refractivity contribution >= 4 is 8.07 Å². The van der Waals surface area contributed by atoms with Gasteiger partial charge in [-0.15, -0.1) is 6.58 Å². The summed E-state index contributed by atoms with van der Waals surface area (Å²) >= 11 is 0. The summed E-state index contributed by atoms with van der Waals surface area (Å²) in [5.41, 5.74) is 6.69. The molecule has 0 bridgehead atoms. The van der Waals surface area contributed by atoms with Gasteiger partial charge < -0.3 is 9.47 Å². The van der Waals surface area contributed by atoms with Crippen molar-refractivity contribution in [1.82, 2.24) is 0 Å². The molecule has 0 spiro atoms. The molecule has 2 aromatic carbocycles. The number of allylic oxidation sites excluding steroid dienone is 2. The number of rotatable bonds is 11. The van der Waals surface area contributed by atoms with Crippen LogP contribution in [0.15, 0.2) is 84.6 Å². The van der Waals surface area contributed by atoms with Crippen LogP contribution in [-0.4, -0.2) is 21.3 Å². The first-order valence-electron chi connectivity index (χ1n) is 11.4. The molecule has 0 radical (unpaired) electrons. The number of benzene rings is 2. The Morgan fingerprint density at radius 1 is 0.903 bits per heavy atom. The largest absolute Gasteiger partial charge is 0.376 e. The summed E-state index contributed by atoms with van der Waals surface area (Å²) in [4.78, 5) is 0. The molecule has 1 aliphatic rings. The van der Waals surface area contributed by atoms with E-state index in [1.165, 1.54) is 11.1 Å². The van der Waals surface area contributed by atoms with Crippen molar-refractivity contribution < 1.29 is 9.47 Å². The minimum atomic E-state index is -1.30. The molecule has 1 fully saturated rings. The lowest BCUT2D eigenvalue weighted by atomic mass is 9.86. The summed E-state index contributed by atoms with van der Waals surface area (Å²) in [6.07, 6.45) is 5.29. The van der Waals surface area contributed by atoms with Gasteiger partial charge in [0.25, 0.3) is 0 Å². The van der Waals surface area contributed by atoms with E-state index in [1.54, 1.807) is 5.57 Å². The van der Waals surface area contributed by atoms with Gasteiger partial charge in [-0.3, -0.25) is 0 Å². The first-order valence-corrected chi connectivity index (χ1v) is 15.0. The molecule has 1 aliphatic carbocycles. The molecule has 0 unspecified atom stereocenters. The smallest absolute Gasteiger partial charge is 0.0717 e. The van der Waals surface area contributed by atoms with Gasteiger partial charge in [-0.1, -0.05) is 97.7 Å². The lowest BCUT2D eigenvalue weighted by Gasteiger charge is -2.29. The van der Waals surface area contributed by atoms with E-state index in [1.807, 2.05) is 12.1 Å². The van der Waals surface area contributed by atoms with E-state index >= 15 is 0 Å². The Morgan fingerprint density at radius 2 is 1.42 bits per heavy atom. The minimum Gasteiger partial charge on any atom is -0.376 e. The van der Waals surface area contributed by atoms with Crippen molar-refractivity contribution in [2.75, 3.05) is 13.2 Å². The Bertz CT molecular complexity index is 791. The molecule has 1 saturated carbocycles. The molecule has 0 aromatic heterocycles. The highest BCUT2D eigenvalue weighted by molar-refractivity contribution is 6.81. The van der Waals surface area contributed by atoms with Crippen LogP contribution < -0.4 is 0 Å². The maximum Gasteiger partial charge on any atom is 0.0717 e. The van der Waals surface area contributed by atoms with E-state index in [-0.39, 0.29) is 5.41 Å². The molecule has 166 valence electrons. The van der Waals surface area contributed by atoms with Crippen LogP contribution in [0.4, 0.5) is 0 Å². The fourth-order valence-electron chi connectivity index (χ4n) is 4.65. The normalized spacial score (nSPS) is 19.6. The summed E-state index contributed by atoms with van der Waals surface area (Å²) in [5.74, 6) is 0.560. The highest BCUT2D eigenvalue weighted by atomic mass is 28.3. The highest BCUT2D eigenvalue weighted by Crippen LogP contribution is 2.48. The predicted octanol–water partition coefficient (Wildman–Crippen LogP) is 7.20. The van der Waals surface area contributed by atoms with E-state index in [0.717, 1.165) is 32.5 Å². The van der Waals surface area contributed by atoms with Crippen molar-refractivity contribution in [3.63, 3.8) is 0 Å². The first kappa shape index (κ1) is 23.7. The summed E-state index contributed by atoms with van der Waals surface area (Å²) in [6.45, 7) is 14.1. The molecular formula is C28H38O2Si. The standard InChI is InChI=1S/C28H38O2Si/c1-5-12-26-17-28(18-27(26)21-31(2,3)4,22-29-19-24-13-8-6-9-14-24)23-30-20-25-15-10-7-11-16-25/h5-11,13-16,21,26H,1,12,17-20,22-23H2,2-4H3/b27-21+/t26-/m0/s1. The Balaban J connectivity index is 1.72. The van der Waals surface area contributed by atoms with E-state index < -0.39 is 8.07 Å².